The third kappa shape index (κ3) is 4.17. The van der Waals surface area contributed by atoms with Crippen LogP contribution < -0.4 is 10.6 Å². The van der Waals surface area contributed by atoms with Gasteiger partial charge in [-0.2, -0.15) is 10.4 Å². The summed E-state index contributed by atoms with van der Waals surface area (Å²) in [5.74, 6) is -0.657. The van der Waals surface area contributed by atoms with Crippen molar-refractivity contribution in [2.24, 2.45) is 0 Å². The van der Waals surface area contributed by atoms with Gasteiger partial charge in [0.2, 0.25) is 0 Å². The Hall–Kier alpha value is -4.52. The lowest BCUT2D eigenvalue weighted by Crippen LogP contribution is -2.25. The number of aromatic amines is 2. The van der Waals surface area contributed by atoms with Crippen LogP contribution in [-0.2, 0) is 0 Å². The monoisotopic (exact) mass is 428 g/mol. The maximum Gasteiger partial charge on any atom is 0.276 e. The summed E-state index contributed by atoms with van der Waals surface area (Å²) in [7, 11) is 0. The maximum atomic E-state index is 12.5. The molecule has 0 spiro atoms. The first-order chi connectivity index (χ1) is 15.5. The number of nitriles is 1. The van der Waals surface area contributed by atoms with E-state index in [1.807, 2.05) is 32.0 Å². The summed E-state index contributed by atoms with van der Waals surface area (Å²) in [4.78, 5) is 36.4. The number of aromatic nitrogens is 5. The van der Waals surface area contributed by atoms with Crippen LogP contribution in [0.25, 0.3) is 22.3 Å². The first-order valence-corrected chi connectivity index (χ1v) is 9.89. The average Bonchev–Trinajstić information content (AvgIpc) is 3.37. The molecule has 10 heteroatoms. The van der Waals surface area contributed by atoms with Crippen molar-refractivity contribution < 1.29 is 9.59 Å². The van der Waals surface area contributed by atoms with Gasteiger partial charge < -0.3 is 15.6 Å². The van der Waals surface area contributed by atoms with Crippen molar-refractivity contribution in [3.05, 3.63) is 59.3 Å². The van der Waals surface area contributed by atoms with E-state index in [2.05, 4.69) is 35.8 Å². The number of aryl methyl sites for hydroxylation is 1. The molecule has 0 atom stereocenters. The topological polar surface area (TPSA) is 152 Å². The van der Waals surface area contributed by atoms with Gasteiger partial charge in [0.05, 0.1) is 24.4 Å². The molecule has 160 valence electrons. The van der Waals surface area contributed by atoms with Crippen LogP contribution in [0, 0.1) is 25.2 Å². The Morgan fingerprint density at radius 3 is 2.75 bits per heavy atom. The summed E-state index contributed by atoms with van der Waals surface area (Å²) in [5.41, 5.74) is 4.93. The lowest BCUT2D eigenvalue weighted by molar-refractivity contribution is 0.0948. The standard InChI is InChI=1S/C22H20N8O2/c1-12-13(2)29-30-19(12)22(32)27-16-8-15-10-17(28-20(15)26-11-16)14-4-7-24-18(9-14)21(31)25-6-3-5-23/h4,7-11H,3,6H2,1-2H3,(H,25,31)(H,26,28)(H,27,32)(H,29,30). The van der Waals surface area contributed by atoms with Gasteiger partial charge in [0.25, 0.3) is 11.8 Å². The summed E-state index contributed by atoms with van der Waals surface area (Å²) in [6, 6.07) is 9.12. The van der Waals surface area contributed by atoms with E-state index in [1.54, 1.807) is 24.5 Å². The van der Waals surface area contributed by atoms with Crippen LogP contribution >= 0.6 is 0 Å². The molecule has 4 heterocycles. The van der Waals surface area contributed by atoms with Crippen molar-refractivity contribution in [2.45, 2.75) is 20.3 Å². The van der Waals surface area contributed by atoms with Gasteiger partial charge >= 0.3 is 0 Å². The van der Waals surface area contributed by atoms with E-state index < -0.39 is 0 Å². The van der Waals surface area contributed by atoms with Crippen LogP contribution in [-0.4, -0.2) is 43.5 Å². The van der Waals surface area contributed by atoms with Gasteiger partial charge in [-0.25, -0.2) is 4.98 Å². The van der Waals surface area contributed by atoms with Crippen molar-refractivity contribution in [2.75, 3.05) is 11.9 Å². The third-order valence-corrected chi connectivity index (χ3v) is 5.02. The van der Waals surface area contributed by atoms with Gasteiger partial charge in [0, 0.05) is 40.6 Å². The SMILES string of the molecule is Cc1[nH]nc(C(=O)Nc2cnc3[nH]c(-c4ccnc(C(=O)NCCC#N)c4)cc3c2)c1C. The van der Waals surface area contributed by atoms with Crippen molar-refractivity contribution in [3.63, 3.8) is 0 Å². The number of hydrogen-bond donors (Lipinski definition) is 4. The molecule has 2 amide bonds. The average molecular weight is 428 g/mol. The Morgan fingerprint density at radius 1 is 1.16 bits per heavy atom. The predicted octanol–water partition coefficient (Wildman–Crippen LogP) is 2.86. The summed E-state index contributed by atoms with van der Waals surface area (Å²) < 4.78 is 0. The first kappa shape index (κ1) is 20.7. The second-order valence-electron chi connectivity index (χ2n) is 7.21. The molecule has 0 fully saturated rings. The number of fused-ring (bicyclic) bond motifs is 1. The van der Waals surface area contributed by atoms with E-state index in [9.17, 15) is 9.59 Å². The summed E-state index contributed by atoms with van der Waals surface area (Å²) in [5, 5.41) is 21.7. The number of H-pyrrole nitrogens is 2. The van der Waals surface area contributed by atoms with E-state index in [0.717, 1.165) is 27.9 Å². The van der Waals surface area contributed by atoms with Crippen LogP contribution in [0.1, 0.15) is 38.7 Å². The van der Waals surface area contributed by atoms with E-state index in [0.29, 0.717) is 17.0 Å². The lowest BCUT2D eigenvalue weighted by Gasteiger charge is -2.04. The highest BCUT2D eigenvalue weighted by Gasteiger charge is 2.15. The number of hydrogen-bond acceptors (Lipinski definition) is 6. The molecule has 0 aromatic carbocycles. The highest BCUT2D eigenvalue weighted by molar-refractivity contribution is 6.04. The fraction of sp³-hybridized carbons (Fsp3) is 0.182. The van der Waals surface area contributed by atoms with Gasteiger partial charge in [-0.3, -0.25) is 19.7 Å². The quantitative estimate of drug-likeness (QED) is 0.347. The van der Waals surface area contributed by atoms with Crippen molar-refractivity contribution in [3.8, 4) is 17.3 Å². The van der Waals surface area contributed by atoms with Crippen LogP contribution in [0.15, 0.2) is 36.7 Å². The second kappa shape index (κ2) is 8.69. The molecule has 0 unspecified atom stereocenters. The number of rotatable bonds is 6. The Morgan fingerprint density at radius 2 is 2.00 bits per heavy atom. The molecule has 0 radical (unpaired) electrons. The molecule has 0 saturated carbocycles. The zero-order valence-electron chi connectivity index (χ0n) is 17.5. The minimum Gasteiger partial charge on any atom is -0.350 e. The van der Waals surface area contributed by atoms with Crippen LogP contribution in [0.5, 0.6) is 0 Å². The molecule has 4 aromatic heterocycles. The molecule has 0 aliphatic carbocycles. The Kier molecular flexibility index (Phi) is 5.63. The van der Waals surface area contributed by atoms with Gasteiger partial charge in [0.15, 0.2) is 5.69 Å². The molecule has 0 saturated heterocycles. The Balaban J connectivity index is 1.55. The smallest absolute Gasteiger partial charge is 0.276 e. The predicted molar refractivity (Wildman–Crippen MR) is 118 cm³/mol. The largest absolute Gasteiger partial charge is 0.350 e. The van der Waals surface area contributed by atoms with Gasteiger partial charge in [0.1, 0.15) is 11.3 Å². The minimum absolute atomic E-state index is 0.233. The molecule has 32 heavy (non-hydrogen) atoms. The van der Waals surface area contributed by atoms with Crippen molar-refractivity contribution >= 4 is 28.5 Å². The number of nitrogens with one attached hydrogen (secondary N) is 4. The van der Waals surface area contributed by atoms with Gasteiger partial charge in [-0.1, -0.05) is 0 Å². The normalized spacial score (nSPS) is 10.7. The Bertz CT molecular complexity index is 1360. The number of anilines is 1. The molecular formula is C22H20N8O2. The number of amides is 2. The molecule has 4 rings (SSSR count). The maximum absolute atomic E-state index is 12.5. The van der Waals surface area contributed by atoms with Gasteiger partial charge in [-0.15, -0.1) is 0 Å². The number of nitrogens with zero attached hydrogens (tertiary/aromatic N) is 4. The number of carbonyl (C=O) groups excluding carboxylic acids is 2. The highest BCUT2D eigenvalue weighted by atomic mass is 16.2. The van der Waals surface area contributed by atoms with Crippen LogP contribution in [0.2, 0.25) is 0 Å². The molecule has 10 nitrogen and oxygen atoms in total. The molecule has 0 aliphatic heterocycles. The van der Waals surface area contributed by atoms with Gasteiger partial charge in [-0.05, 0) is 38.1 Å². The van der Waals surface area contributed by atoms with E-state index in [4.69, 9.17) is 5.26 Å². The fourth-order valence-corrected chi connectivity index (χ4v) is 3.18. The summed E-state index contributed by atoms with van der Waals surface area (Å²) >= 11 is 0. The van der Waals surface area contributed by atoms with Crippen molar-refractivity contribution in [1.82, 2.24) is 30.5 Å². The molecule has 0 aliphatic rings. The van der Waals surface area contributed by atoms with E-state index >= 15 is 0 Å². The van der Waals surface area contributed by atoms with Crippen molar-refractivity contribution in [1.29, 1.82) is 5.26 Å². The van der Waals surface area contributed by atoms with E-state index in [-0.39, 0.29) is 30.5 Å². The molecular weight excluding hydrogens is 408 g/mol. The summed E-state index contributed by atoms with van der Waals surface area (Å²) in [6.45, 7) is 3.96. The van der Waals surface area contributed by atoms with Crippen LogP contribution in [0.4, 0.5) is 5.69 Å². The first-order valence-electron chi connectivity index (χ1n) is 9.89. The van der Waals surface area contributed by atoms with Crippen LogP contribution in [0.3, 0.4) is 0 Å². The summed E-state index contributed by atoms with van der Waals surface area (Å²) in [6.07, 6.45) is 3.35. The molecule has 0 bridgehead atoms. The number of pyridine rings is 2. The highest BCUT2D eigenvalue weighted by Crippen LogP contribution is 2.25. The third-order valence-electron chi connectivity index (χ3n) is 5.02. The van der Waals surface area contributed by atoms with E-state index in [1.165, 1.54) is 0 Å². The zero-order chi connectivity index (χ0) is 22.7. The zero-order valence-corrected chi connectivity index (χ0v) is 17.5. The molecule has 4 N–H and O–H groups in total. The second-order valence-corrected chi connectivity index (χ2v) is 7.21. The molecule has 4 aromatic rings. The number of carbonyl (C=O) groups is 2. The lowest BCUT2D eigenvalue weighted by atomic mass is 10.1. The Labute approximate surface area is 183 Å². The minimum atomic E-state index is -0.342. The fourth-order valence-electron chi connectivity index (χ4n) is 3.18.